The summed E-state index contributed by atoms with van der Waals surface area (Å²) in [4.78, 5) is 46.8. The largest absolute Gasteiger partial charge is 0.306 e. The van der Waals surface area contributed by atoms with Crippen LogP contribution in [-0.2, 0) is 4.79 Å². The minimum Gasteiger partial charge on any atom is -0.306 e. The third kappa shape index (κ3) is 3.06. The van der Waals surface area contributed by atoms with E-state index in [9.17, 15) is 14.4 Å². The number of carbonyl (C=O) groups is 3. The highest BCUT2D eigenvalue weighted by molar-refractivity contribution is 6.11. The van der Waals surface area contributed by atoms with Gasteiger partial charge in [0.2, 0.25) is 5.91 Å². The summed E-state index contributed by atoms with van der Waals surface area (Å²) in [5.41, 5.74) is 0.747. The van der Waals surface area contributed by atoms with Crippen LogP contribution in [-0.4, -0.2) is 45.4 Å². The zero-order chi connectivity index (χ0) is 20.8. The molecule has 0 N–H and O–H groups in total. The van der Waals surface area contributed by atoms with Crippen molar-refractivity contribution < 1.29 is 14.4 Å². The molecule has 0 spiro atoms. The summed E-state index contributed by atoms with van der Waals surface area (Å²) in [5.74, 6) is -0.535. The maximum absolute atomic E-state index is 13.3. The molecule has 4 rings (SSSR count). The van der Waals surface area contributed by atoms with Crippen LogP contribution in [0, 0.1) is 0 Å². The highest BCUT2D eigenvalue weighted by Crippen LogP contribution is 2.43. The lowest BCUT2D eigenvalue weighted by Crippen LogP contribution is -2.63. The van der Waals surface area contributed by atoms with Crippen LogP contribution in [0.1, 0.15) is 48.8 Å². The molecular weight excluding hydrogens is 368 g/mol. The molecule has 0 aliphatic carbocycles. The van der Waals surface area contributed by atoms with E-state index in [0.29, 0.717) is 29.6 Å². The van der Waals surface area contributed by atoms with E-state index in [2.05, 4.69) is 4.99 Å². The van der Waals surface area contributed by atoms with E-state index >= 15 is 0 Å². The van der Waals surface area contributed by atoms with Crippen molar-refractivity contribution in [2.24, 2.45) is 4.99 Å². The lowest BCUT2D eigenvalue weighted by Gasteiger charge is -2.48. The molecule has 1 unspecified atom stereocenters. The number of rotatable bonds is 3. The van der Waals surface area contributed by atoms with E-state index in [4.69, 9.17) is 0 Å². The van der Waals surface area contributed by atoms with Gasteiger partial charge in [0.1, 0.15) is 17.7 Å². The topological polar surface area (TPSA) is 75.0 Å². The van der Waals surface area contributed by atoms with Gasteiger partial charge in [-0.2, -0.15) is 0 Å². The molecule has 2 aliphatic rings. The summed E-state index contributed by atoms with van der Waals surface area (Å²) in [7, 11) is 0. The molecule has 1 aromatic carbocycles. The molecule has 3 heterocycles. The molecule has 29 heavy (non-hydrogen) atoms. The lowest BCUT2D eigenvalue weighted by molar-refractivity contribution is -0.117. The second-order valence-electron chi connectivity index (χ2n) is 7.90. The van der Waals surface area contributed by atoms with E-state index in [-0.39, 0.29) is 30.3 Å². The molecule has 1 atom stereocenters. The number of pyridine rings is 1. The van der Waals surface area contributed by atoms with Gasteiger partial charge < -0.3 is 4.90 Å². The monoisotopic (exact) mass is 392 g/mol. The van der Waals surface area contributed by atoms with Crippen LogP contribution in [0.3, 0.4) is 0 Å². The summed E-state index contributed by atoms with van der Waals surface area (Å²) >= 11 is 0. The van der Waals surface area contributed by atoms with Gasteiger partial charge in [-0.15, -0.1) is 0 Å². The van der Waals surface area contributed by atoms with Crippen LogP contribution in [0.25, 0.3) is 0 Å². The molecule has 1 aromatic heterocycles. The highest BCUT2D eigenvalue weighted by Gasteiger charge is 2.53. The van der Waals surface area contributed by atoms with Crippen molar-refractivity contribution in [1.82, 2.24) is 9.47 Å². The number of para-hydroxylation sites is 1. The molecule has 2 aliphatic heterocycles. The molecule has 1 fully saturated rings. The number of hydrogen-bond acceptors (Lipinski definition) is 4. The van der Waals surface area contributed by atoms with Crippen molar-refractivity contribution >= 4 is 23.4 Å². The predicted octanol–water partition coefficient (Wildman–Crippen LogP) is 2.44. The maximum atomic E-state index is 13.3. The van der Waals surface area contributed by atoms with E-state index in [0.717, 1.165) is 0 Å². The van der Waals surface area contributed by atoms with Crippen LogP contribution in [0.15, 0.2) is 53.7 Å². The Kier molecular flexibility index (Phi) is 4.61. The summed E-state index contributed by atoms with van der Waals surface area (Å²) < 4.78 is 1.47. The summed E-state index contributed by atoms with van der Waals surface area (Å²) in [5, 5.41) is 0. The third-order valence-electron chi connectivity index (χ3n) is 5.54. The Balaban J connectivity index is 1.76. The molecule has 7 nitrogen and oxygen atoms in total. The Labute approximate surface area is 169 Å². The Morgan fingerprint density at radius 3 is 2.62 bits per heavy atom. The Hall–Kier alpha value is -3.22. The number of benzene rings is 1. The van der Waals surface area contributed by atoms with E-state index in [1.165, 1.54) is 9.47 Å². The lowest BCUT2D eigenvalue weighted by atomic mass is 9.98. The minimum absolute atomic E-state index is 0.0282. The summed E-state index contributed by atoms with van der Waals surface area (Å²) in [6.45, 7) is 5.60. The molecule has 0 radical (unpaired) electrons. The van der Waals surface area contributed by atoms with Gasteiger partial charge in [0.25, 0.3) is 11.8 Å². The average Bonchev–Trinajstić information content (AvgIpc) is 3.00. The fourth-order valence-electron chi connectivity index (χ4n) is 4.17. The smallest absolute Gasteiger partial charge is 0.258 e. The Morgan fingerprint density at radius 2 is 1.86 bits per heavy atom. The highest BCUT2D eigenvalue weighted by atomic mass is 16.2. The molecule has 0 saturated carbocycles. The van der Waals surface area contributed by atoms with Crippen LogP contribution < -0.4 is 10.4 Å². The maximum Gasteiger partial charge on any atom is 0.258 e. The normalized spacial score (nSPS) is 21.6. The number of anilines is 1. The van der Waals surface area contributed by atoms with Crippen molar-refractivity contribution in [1.29, 1.82) is 0 Å². The second-order valence-corrected chi connectivity index (χ2v) is 7.90. The van der Waals surface area contributed by atoms with E-state index in [1.54, 1.807) is 41.4 Å². The van der Waals surface area contributed by atoms with E-state index in [1.807, 2.05) is 32.9 Å². The van der Waals surface area contributed by atoms with Gasteiger partial charge in [-0.3, -0.25) is 28.8 Å². The Bertz CT molecular complexity index is 1070. The van der Waals surface area contributed by atoms with Gasteiger partial charge in [0.15, 0.2) is 0 Å². The van der Waals surface area contributed by atoms with Crippen molar-refractivity contribution in [3.8, 4) is 0 Å². The first-order valence-electron chi connectivity index (χ1n) is 9.82. The number of carbonyl (C=O) groups excluding carboxylic acids is 3. The van der Waals surface area contributed by atoms with E-state index < -0.39 is 5.66 Å². The van der Waals surface area contributed by atoms with Gasteiger partial charge in [0.05, 0.1) is 11.3 Å². The van der Waals surface area contributed by atoms with Gasteiger partial charge >= 0.3 is 0 Å². The molecular formula is C22H24N4O3. The molecule has 2 aromatic rings. The van der Waals surface area contributed by atoms with Gasteiger partial charge in [-0.25, -0.2) is 0 Å². The number of nitrogens with zero attached hydrogens (tertiary/aromatic N) is 4. The van der Waals surface area contributed by atoms with Crippen molar-refractivity contribution in [2.75, 3.05) is 11.4 Å². The molecule has 7 heteroatoms. The van der Waals surface area contributed by atoms with Gasteiger partial charge in [-0.05, 0) is 51.5 Å². The van der Waals surface area contributed by atoms with Crippen LogP contribution >= 0.6 is 0 Å². The molecule has 0 bridgehead atoms. The fraction of sp³-hybridized carbons (Fsp3) is 0.364. The third-order valence-corrected chi connectivity index (χ3v) is 5.54. The van der Waals surface area contributed by atoms with Crippen LogP contribution in [0.5, 0.6) is 0 Å². The second kappa shape index (κ2) is 6.99. The first kappa shape index (κ1) is 19.1. The zero-order valence-electron chi connectivity index (χ0n) is 16.8. The SMILES string of the molecule is CC(C)N=c1ccccn1C(=O)CN1C(=O)c2ccccc2N2C(=O)CCC12C. The summed E-state index contributed by atoms with van der Waals surface area (Å²) in [6.07, 6.45) is 2.49. The Morgan fingerprint density at radius 1 is 1.14 bits per heavy atom. The number of fused-ring (bicyclic) bond motifs is 3. The van der Waals surface area contributed by atoms with Crippen molar-refractivity contribution in [2.45, 2.75) is 45.3 Å². The fourth-order valence-corrected chi connectivity index (χ4v) is 4.17. The number of hydrogen-bond donors (Lipinski definition) is 0. The predicted molar refractivity (Wildman–Crippen MR) is 108 cm³/mol. The first-order valence-corrected chi connectivity index (χ1v) is 9.82. The van der Waals surface area contributed by atoms with Crippen LogP contribution in [0.2, 0.25) is 0 Å². The summed E-state index contributed by atoms with van der Waals surface area (Å²) in [6, 6.07) is 12.5. The van der Waals surface area contributed by atoms with Crippen molar-refractivity contribution in [3.05, 3.63) is 59.7 Å². The van der Waals surface area contributed by atoms with Crippen LogP contribution in [0.4, 0.5) is 5.69 Å². The first-order chi connectivity index (χ1) is 13.8. The standard InChI is InChI=1S/C22H24N4O3/c1-15(2)23-18-10-6-7-13-24(18)20(28)14-25-21(29)16-8-4-5-9-17(16)26-19(27)11-12-22(25,26)3/h4-10,13,15H,11-12,14H2,1-3H3. The minimum atomic E-state index is -0.858. The number of aromatic nitrogens is 1. The number of amides is 2. The quantitative estimate of drug-likeness (QED) is 0.805. The zero-order valence-corrected chi connectivity index (χ0v) is 16.8. The van der Waals surface area contributed by atoms with Gasteiger partial charge in [-0.1, -0.05) is 18.2 Å². The van der Waals surface area contributed by atoms with Gasteiger partial charge in [0, 0.05) is 18.7 Å². The molecule has 2 amide bonds. The molecule has 150 valence electrons. The van der Waals surface area contributed by atoms with Crippen molar-refractivity contribution in [3.63, 3.8) is 0 Å². The molecule has 1 saturated heterocycles. The average molecular weight is 392 g/mol.